The highest BCUT2D eigenvalue weighted by molar-refractivity contribution is 5.82. The van der Waals surface area contributed by atoms with Crippen LogP contribution in [0.3, 0.4) is 0 Å². The Morgan fingerprint density at radius 1 is 1.07 bits per heavy atom. The monoisotopic (exact) mass is 395 g/mol. The van der Waals surface area contributed by atoms with E-state index < -0.39 is 17.3 Å². The smallest absolute Gasteiger partial charge is 0.331 e. The molecule has 0 saturated heterocycles. The molecule has 0 spiro atoms. The van der Waals surface area contributed by atoms with E-state index in [0.29, 0.717) is 30.5 Å². The normalized spacial score (nSPS) is 12.1. The number of fused-ring (bicyclic) bond motifs is 1. The molecule has 1 heterocycles. The van der Waals surface area contributed by atoms with Crippen LogP contribution in [-0.4, -0.2) is 35.3 Å². The van der Waals surface area contributed by atoms with Crippen molar-refractivity contribution in [2.24, 2.45) is 7.05 Å². The van der Waals surface area contributed by atoms with Gasteiger partial charge in [-0.25, -0.2) is 9.36 Å². The zero-order chi connectivity index (χ0) is 20.8. The summed E-state index contributed by atoms with van der Waals surface area (Å²) in [5, 5.41) is 3.23. The standard InChI is InChI=1S/C22H25N3O4/c1-24-18-12-7-6-11-17(18)21(27)25(22(24)28)19(15-16-9-4-3-5-10-16)20(26)23-13-8-14-29-2/h3-7,9-12,19H,8,13-15H2,1-2H3,(H,23,26). The van der Waals surface area contributed by atoms with Crippen molar-refractivity contribution in [3.63, 3.8) is 0 Å². The lowest BCUT2D eigenvalue weighted by atomic mass is 10.0. The van der Waals surface area contributed by atoms with Gasteiger partial charge in [0.15, 0.2) is 0 Å². The second-order valence-electron chi connectivity index (χ2n) is 6.88. The minimum atomic E-state index is -0.948. The summed E-state index contributed by atoms with van der Waals surface area (Å²) in [5.41, 5.74) is 0.433. The maximum absolute atomic E-state index is 13.2. The fourth-order valence-corrected chi connectivity index (χ4v) is 3.39. The molecule has 1 aromatic heterocycles. The van der Waals surface area contributed by atoms with E-state index in [0.717, 1.165) is 10.1 Å². The summed E-state index contributed by atoms with van der Waals surface area (Å²) in [6.07, 6.45) is 0.884. The van der Waals surface area contributed by atoms with Crippen molar-refractivity contribution in [2.75, 3.05) is 20.3 Å². The first kappa shape index (κ1) is 20.5. The van der Waals surface area contributed by atoms with E-state index in [1.165, 1.54) is 4.57 Å². The van der Waals surface area contributed by atoms with Crippen molar-refractivity contribution >= 4 is 16.8 Å². The number of benzene rings is 2. The number of hydrogen-bond donors (Lipinski definition) is 1. The predicted molar refractivity (Wildman–Crippen MR) is 112 cm³/mol. The lowest BCUT2D eigenvalue weighted by Crippen LogP contribution is -2.47. The number of aryl methyl sites for hydroxylation is 1. The van der Waals surface area contributed by atoms with Crippen LogP contribution in [-0.2, 0) is 23.0 Å². The Balaban J connectivity index is 2.07. The van der Waals surface area contributed by atoms with Gasteiger partial charge < -0.3 is 10.1 Å². The average molecular weight is 395 g/mol. The molecular formula is C22H25N3O4. The average Bonchev–Trinajstić information content (AvgIpc) is 2.75. The van der Waals surface area contributed by atoms with Crippen LogP contribution in [0, 0.1) is 0 Å². The van der Waals surface area contributed by atoms with Crippen LogP contribution in [0.4, 0.5) is 0 Å². The quantitative estimate of drug-likeness (QED) is 0.588. The van der Waals surface area contributed by atoms with E-state index >= 15 is 0 Å². The summed E-state index contributed by atoms with van der Waals surface area (Å²) in [7, 11) is 3.20. The van der Waals surface area contributed by atoms with Crippen LogP contribution in [0.5, 0.6) is 0 Å². The van der Waals surface area contributed by atoms with Crippen LogP contribution in [0.2, 0.25) is 0 Å². The van der Waals surface area contributed by atoms with E-state index in [2.05, 4.69) is 5.32 Å². The van der Waals surface area contributed by atoms with Crippen molar-refractivity contribution in [2.45, 2.75) is 18.9 Å². The molecule has 0 aliphatic heterocycles. The number of methoxy groups -OCH3 is 1. The highest BCUT2D eigenvalue weighted by Crippen LogP contribution is 2.14. The number of amides is 1. The van der Waals surface area contributed by atoms with Crippen molar-refractivity contribution in [3.05, 3.63) is 81.0 Å². The molecule has 1 unspecified atom stereocenters. The molecule has 7 nitrogen and oxygen atoms in total. The van der Waals surface area contributed by atoms with Crippen molar-refractivity contribution in [3.8, 4) is 0 Å². The number of para-hydroxylation sites is 1. The van der Waals surface area contributed by atoms with Crippen molar-refractivity contribution in [1.29, 1.82) is 0 Å². The highest BCUT2D eigenvalue weighted by atomic mass is 16.5. The fourth-order valence-electron chi connectivity index (χ4n) is 3.39. The number of rotatable bonds is 8. The molecule has 0 aliphatic carbocycles. The summed E-state index contributed by atoms with van der Waals surface area (Å²) in [6, 6.07) is 15.3. The third-order valence-corrected chi connectivity index (χ3v) is 4.92. The Bertz CT molecular complexity index is 1100. The zero-order valence-corrected chi connectivity index (χ0v) is 16.6. The number of aromatic nitrogens is 2. The summed E-state index contributed by atoms with van der Waals surface area (Å²) in [5.74, 6) is -0.362. The molecular weight excluding hydrogens is 370 g/mol. The lowest BCUT2D eigenvalue weighted by molar-refractivity contribution is -0.124. The Kier molecular flexibility index (Phi) is 6.61. The molecule has 29 heavy (non-hydrogen) atoms. The van der Waals surface area contributed by atoms with E-state index in [4.69, 9.17) is 4.74 Å². The molecule has 1 atom stereocenters. The number of ether oxygens (including phenoxy) is 1. The first-order valence-electron chi connectivity index (χ1n) is 9.55. The summed E-state index contributed by atoms with van der Waals surface area (Å²) in [4.78, 5) is 39.2. The van der Waals surface area contributed by atoms with Gasteiger partial charge in [0.1, 0.15) is 6.04 Å². The first-order chi connectivity index (χ1) is 14.0. The number of nitrogens with one attached hydrogen (secondary N) is 1. The molecule has 7 heteroatoms. The van der Waals surface area contributed by atoms with E-state index in [9.17, 15) is 14.4 Å². The lowest BCUT2D eigenvalue weighted by Gasteiger charge is -2.20. The van der Waals surface area contributed by atoms with E-state index in [1.807, 2.05) is 30.3 Å². The number of carbonyl (C=O) groups is 1. The summed E-state index contributed by atoms with van der Waals surface area (Å²) in [6.45, 7) is 0.919. The zero-order valence-electron chi connectivity index (χ0n) is 16.6. The highest BCUT2D eigenvalue weighted by Gasteiger charge is 2.26. The summed E-state index contributed by atoms with van der Waals surface area (Å²) >= 11 is 0. The SMILES string of the molecule is COCCCNC(=O)C(Cc1ccccc1)n1c(=O)c2ccccc2n(C)c1=O. The van der Waals surface area contributed by atoms with Gasteiger partial charge in [0.05, 0.1) is 10.9 Å². The molecule has 0 aliphatic rings. The molecule has 0 bridgehead atoms. The van der Waals surface area contributed by atoms with Crippen LogP contribution in [0.25, 0.3) is 10.9 Å². The first-order valence-corrected chi connectivity index (χ1v) is 9.55. The van der Waals surface area contributed by atoms with Gasteiger partial charge in [-0.1, -0.05) is 42.5 Å². The van der Waals surface area contributed by atoms with Gasteiger partial charge in [-0.2, -0.15) is 0 Å². The van der Waals surface area contributed by atoms with Gasteiger partial charge in [0.2, 0.25) is 5.91 Å². The van der Waals surface area contributed by atoms with Gasteiger partial charge in [-0.3, -0.25) is 14.2 Å². The number of hydrogen-bond acceptors (Lipinski definition) is 4. The van der Waals surface area contributed by atoms with Crippen molar-refractivity contribution in [1.82, 2.24) is 14.5 Å². The minimum Gasteiger partial charge on any atom is -0.385 e. The fraction of sp³-hybridized carbons (Fsp3) is 0.318. The molecule has 0 saturated carbocycles. The van der Waals surface area contributed by atoms with Gasteiger partial charge in [-0.05, 0) is 24.1 Å². The molecule has 3 aromatic rings. The molecule has 152 valence electrons. The third kappa shape index (κ3) is 4.46. The Morgan fingerprint density at radius 2 is 1.76 bits per heavy atom. The number of nitrogens with zero attached hydrogens (tertiary/aromatic N) is 2. The van der Waals surface area contributed by atoms with Gasteiger partial charge in [-0.15, -0.1) is 0 Å². The summed E-state index contributed by atoms with van der Waals surface area (Å²) < 4.78 is 7.49. The van der Waals surface area contributed by atoms with Gasteiger partial charge in [0, 0.05) is 33.7 Å². The maximum Gasteiger partial charge on any atom is 0.331 e. The molecule has 2 aromatic carbocycles. The van der Waals surface area contributed by atoms with E-state index in [1.54, 1.807) is 38.4 Å². The van der Waals surface area contributed by atoms with Crippen molar-refractivity contribution < 1.29 is 9.53 Å². The molecule has 3 rings (SSSR count). The van der Waals surface area contributed by atoms with Crippen LogP contribution in [0.15, 0.2) is 64.2 Å². The van der Waals surface area contributed by atoms with Crippen LogP contribution < -0.4 is 16.6 Å². The Labute approximate surface area is 168 Å². The van der Waals surface area contributed by atoms with Crippen LogP contribution >= 0.6 is 0 Å². The number of carbonyl (C=O) groups excluding carboxylic acids is 1. The molecule has 1 amide bonds. The minimum absolute atomic E-state index is 0.241. The maximum atomic E-state index is 13.2. The molecule has 0 fully saturated rings. The molecule has 0 radical (unpaired) electrons. The van der Waals surface area contributed by atoms with E-state index in [-0.39, 0.29) is 12.3 Å². The third-order valence-electron chi connectivity index (χ3n) is 4.92. The predicted octanol–water partition coefficient (Wildman–Crippen LogP) is 1.64. The largest absolute Gasteiger partial charge is 0.385 e. The van der Waals surface area contributed by atoms with Crippen LogP contribution in [0.1, 0.15) is 18.0 Å². The van der Waals surface area contributed by atoms with Gasteiger partial charge >= 0.3 is 5.69 Å². The molecule has 1 N–H and O–H groups in total. The second kappa shape index (κ2) is 9.34. The Hall–Kier alpha value is -3.19. The second-order valence-corrected chi connectivity index (χ2v) is 6.88. The Morgan fingerprint density at radius 3 is 2.48 bits per heavy atom. The topological polar surface area (TPSA) is 82.3 Å². The van der Waals surface area contributed by atoms with Gasteiger partial charge in [0.25, 0.3) is 5.56 Å².